The molecule has 2 aromatic rings. The van der Waals surface area contributed by atoms with E-state index in [0.717, 1.165) is 45.6 Å². The SMILES string of the molecule is C=C(c1ccc(C)c(N)c1)N1CCC(O)(c2ccc(Br)cc2)CC1. The first-order chi connectivity index (χ1) is 11.4. The quantitative estimate of drug-likeness (QED) is 0.773. The molecule has 0 radical (unpaired) electrons. The van der Waals surface area contributed by atoms with Crippen LogP contribution in [0.5, 0.6) is 0 Å². The Labute approximate surface area is 151 Å². The summed E-state index contributed by atoms with van der Waals surface area (Å²) >= 11 is 3.44. The molecule has 0 atom stereocenters. The van der Waals surface area contributed by atoms with Gasteiger partial charge >= 0.3 is 0 Å². The summed E-state index contributed by atoms with van der Waals surface area (Å²) in [4.78, 5) is 2.23. The zero-order chi connectivity index (χ0) is 17.3. The van der Waals surface area contributed by atoms with Gasteiger partial charge in [-0.3, -0.25) is 0 Å². The van der Waals surface area contributed by atoms with Crippen LogP contribution >= 0.6 is 15.9 Å². The van der Waals surface area contributed by atoms with E-state index in [0.29, 0.717) is 12.8 Å². The summed E-state index contributed by atoms with van der Waals surface area (Å²) in [6.07, 6.45) is 1.38. The Morgan fingerprint density at radius 3 is 2.38 bits per heavy atom. The monoisotopic (exact) mass is 386 g/mol. The molecule has 24 heavy (non-hydrogen) atoms. The van der Waals surface area contributed by atoms with Gasteiger partial charge in [0.1, 0.15) is 0 Å². The molecular weight excluding hydrogens is 364 g/mol. The fourth-order valence-electron chi connectivity index (χ4n) is 3.20. The lowest BCUT2D eigenvalue weighted by molar-refractivity contribution is -0.0139. The third kappa shape index (κ3) is 3.35. The van der Waals surface area contributed by atoms with Gasteiger partial charge in [0, 0.05) is 28.9 Å². The fraction of sp³-hybridized carbons (Fsp3) is 0.300. The van der Waals surface area contributed by atoms with Crippen molar-refractivity contribution in [2.45, 2.75) is 25.4 Å². The van der Waals surface area contributed by atoms with Gasteiger partial charge in [-0.1, -0.05) is 46.8 Å². The maximum absolute atomic E-state index is 11.0. The Bertz CT molecular complexity index is 747. The Morgan fingerprint density at radius 1 is 1.17 bits per heavy atom. The molecule has 0 bridgehead atoms. The summed E-state index contributed by atoms with van der Waals surface area (Å²) in [6.45, 7) is 7.79. The highest BCUT2D eigenvalue weighted by molar-refractivity contribution is 9.10. The van der Waals surface area contributed by atoms with Crippen molar-refractivity contribution in [3.63, 3.8) is 0 Å². The second-order valence-corrected chi connectivity index (χ2v) is 7.46. The van der Waals surface area contributed by atoms with Crippen LogP contribution in [0.1, 0.15) is 29.5 Å². The van der Waals surface area contributed by atoms with E-state index in [1.807, 2.05) is 43.3 Å². The van der Waals surface area contributed by atoms with E-state index >= 15 is 0 Å². The van der Waals surface area contributed by atoms with Crippen LogP contribution in [0.15, 0.2) is 53.5 Å². The Kier molecular flexibility index (Phi) is 4.70. The number of anilines is 1. The van der Waals surface area contributed by atoms with Crippen molar-refractivity contribution >= 4 is 27.3 Å². The van der Waals surface area contributed by atoms with Gasteiger partial charge in [0.2, 0.25) is 0 Å². The average molecular weight is 387 g/mol. The second kappa shape index (κ2) is 6.61. The van der Waals surface area contributed by atoms with Gasteiger partial charge in [0.05, 0.1) is 5.60 Å². The van der Waals surface area contributed by atoms with Gasteiger partial charge in [0.15, 0.2) is 0 Å². The summed E-state index contributed by atoms with van der Waals surface area (Å²) in [5.74, 6) is 0. The lowest BCUT2D eigenvalue weighted by Gasteiger charge is -2.40. The molecule has 0 aromatic heterocycles. The van der Waals surface area contributed by atoms with Crippen molar-refractivity contribution < 1.29 is 5.11 Å². The molecule has 3 rings (SSSR count). The van der Waals surface area contributed by atoms with Gasteiger partial charge in [-0.25, -0.2) is 0 Å². The number of rotatable bonds is 3. The molecule has 2 aromatic carbocycles. The highest BCUT2D eigenvalue weighted by atomic mass is 79.9. The van der Waals surface area contributed by atoms with Crippen molar-refractivity contribution in [1.82, 2.24) is 4.90 Å². The van der Waals surface area contributed by atoms with E-state index in [2.05, 4.69) is 33.5 Å². The minimum absolute atomic E-state index is 0.689. The van der Waals surface area contributed by atoms with Crippen LogP contribution in [0.25, 0.3) is 5.70 Å². The summed E-state index contributed by atoms with van der Waals surface area (Å²) in [6, 6.07) is 14.0. The molecular formula is C20H23BrN2O. The minimum Gasteiger partial charge on any atom is -0.398 e. The van der Waals surface area contributed by atoms with Gasteiger partial charge in [0.25, 0.3) is 0 Å². The number of benzene rings is 2. The van der Waals surface area contributed by atoms with Crippen molar-refractivity contribution in [3.05, 3.63) is 70.2 Å². The van der Waals surface area contributed by atoms with Crippen molar-refractivity contribution in [1.29, 1.82) is 0 Å². The number of nitrogens with two attached hydrogens (primary N) is 1. The zero-order valence-corrected chi connectivity index (χ0v) is 15.5. The van der Waals surface area contributed by atoms with Crippen LogP contribution in [-0.4, -0.2) is 23.1 Å². The third-order valence-electron chi connectivity index (χ3n) is 4.97. The summed E-state index contributed by atoms with van der Waals surface area (Å²) < 4.78 is 1.03. The first kappa shape index (κ1) is 17.1. The van der Waals surface area contributed by atoms with Crippen LogP contribution in [0.2, 0.25) is 0 Å². The first-order valence-electron chi connectivity index (χ1n) is 8.18. The van der Waals surface area contributed by atoms with E-state index in [9.17, 15) is 5.11 Å². The number of likely N-dealkylation sites (tertiary alicyclic amines) is 1. The molecule has 0 spiro atoms. The van der Waals surface area contributed by atoms with Crippen LogP contribution in [0.3, 0.4) is 0 Å². The Hall–Kier alpha value is -1.78. The van der Waals surface area contributed by atoms with E-state index in [1.54, 1.807) is 0 Å². The maximum atomic E-state index is 11.0. The van der Waals surface area contributed by atoms with E-state index in [1.165, 1.54) is 0 Å². The topological polar surface area (TPSA) is 49.5 Å². The molecule has 1 saturated heterocycles. The van der Waals surface area contributed by atoms with Gasteiger partial charge < -0.3 is 15.7 Å². The minimum atomic E-state index is -0.760. The molecule has 1 fully saturated rings. The average Bonchev–Trinajstić information content (AvgIpc) is 2.58. The van der Waals surface area contributed by atoms with E-state index < -0.39 is 5.60 Å². The molecule has 1 aliphatic heterocycles. The lowest BCUT2D eigenvalue weighted by atomic mass is 9.84. The number of hydrogen-bond donors (Lipinski definition) is 2. The van der Waals surface area contributed by atoms with Gasteiger partial charge in [-0.05, 0) is 54.7 Å². The number of nitrogen functional groups attached to an aromatic ring is 1. The molecule has 4 heteroatoms. The van der Waals surface area contributed by atoms with E-state index in [-0.39, 0.29) is 0 Å². The number of nitrogens with zero attached hydrogens (tertiary/aromatic N) is 1. The van der Waals surface area contributed by atoms with Gasteiger partial charge in [-0.15, -0.1) is 0 Å². The van der Waals surface area contributed by atoms with E-state index in [4.69, 9.17) is 5.73 Å². The predicted octanol–water partition coefficient (Wildman–Crippen LogP) is 4.29. The lowest BCUT2D eigenvalue weighted by Crippen LogP contribution is -2.41. The fourth-order valence-corrected chi connectivity index (χ4v) is 3.46. The molecule has 3 N–H and O–H groups in total. The highest BCUT2D eigenvalue weighted by Crippen LogP contribution is 2.35. The Morgan fingerprint density at radius 2 is 1.79 bits per heavy atom. The number of aliphatic hydroxyl groups is 1. The predicted molar refractivity (Wildman–Crippen MR) is 103 cm³/mol. The maximum Gasteiger partial charge on any atom is 0.0930 e. The molecule has 1 heterocycles. The normalized spacial score (nSPS) is 16.9. The molecule has 0 unspecified atom stereocenters. The number of aryl methyl sites for hydroxylation is 1. The number of piperidine rings is 1. The number of halogens is 1. The first-order valence-corrected chi connectivity index (χ1v) is 8.97. The standard InChI is InChI=1S/C20H23BrN2O/c1-14-3-4-16(13-19(14)22)15(2)23-11-9-20(24,10-12-23)17-5-7-18(21)8-6-17/h3-8,13,24H,2,9-12,22H2,1H3. The van der Waals surface area contributed by atoms with Crippen LogP contribution in [-0.2, 0) is 5.60 Å². The highest BCUT2D eigenvalue weighted by Gasteiger charge is 2.34. The second-order valence-electron chi connectivity index (χ2n) is 6.54. The van der Waals surface area contributed by atoms with Crippen LogP contribution in [0, 0.1) is 6.92 Å². The van der Waals surface area contributed by atoms with Crippen molar-refractivity contribution in [2.75, 3.05) is 18.8 Å². The molecule has 0 saturated carbocycles. The molecule has 3 nitrogen and oxygen atoms in total. The van der Waals surface area contributed by atoms with Crippen LogP contribution in [0.4, 0.5) is 5.69 Å². The summed E-state index contributed by atoms with van der Waals surface area (Å²) in [5, 5.41) is 11.0. The van der Waals surface area contributed by atoms with Crippen LogP contribution < -0.4 is 5.73 Å². The van der Waals surface area contributed by atoms with Crippen molar-refractivity contribution in [2.24, 2.45) is 0 Å². The third-order valence-corrected chi connectivity index (χ3v) is 5.50. The molecule has 0 amide bonds. The molecule has 0 aliphatic carbocycles. The smallest absolute Gasteiger partial charge is 0.0930 e. The summed E-state index contributed by atoms with van der Waals surface area (Å²) in [7, 11) is 0. The number of hydrogen-bond acceptors (Lipinski definition) is 3. The molecule has 1 aliphatic rings. The van der Waals surface area contributed by atoms with Gasteiger partial charge in [-0.2, -0.15) is 0 Å². The Balaban J connectivity index is 1.71. The molecule has 126 valence electrons. The van der Waals surface area contributed by atoms with Crippen molar-refractivity contribution in [3.8, 4) is 0 Å². The summed E-state index contributed by atoms with van der Waals surface area (Å²) in [5.41, 5.74) is 10.1. The zero-order valence-electron chi connectivity index (χ0n) is 13.9. The largest absolute Gasteiger partial charge is 0.398 e.